The number of piperidine rings is 1. The minimum Gasteiger partial charge on any atom is -0.469 e. The molecular formula is C20H24ClN3O2. The SMILES string of the molecule is COC(=O)C1CCN(c2nc(C)nc(C)c2Cc2ccc(Cl)cc2)CC1. The van der Waals surface area contributed by atoms with E-state index in [1.165, 1.54) is 12.7 Å². The van der Waals surface area contributed by atoms with Crippen molar-refractivity contribution in [1.82, 2.24) is 9.97 Å². The average Bonchev–Trinajstić information content (AvgIpc) is 2.65. The molecule has 138 valence electrons. The molecule has 0 N–H and O–H groups in total. The van der Waals surface area contributed by atoms with Crippen LogP contribution in [-0.4, -0.2) is 36.1 Å². The molecule has 0 atom stereocenters. The van der Waals surface area contributed by atoms with E-state index in [0.29, 0.717) is 0 Å². The Labute approximate surface area is 159 Å². The Kier molecular flexibility index (Phi) is 5.77. The van der Waals surface area contributed by atoms with Gasteiger partial charge in [-0.1, -0.05) is 23.7 Å². The molecule has 2 heterocycles. The molecule has 6 heteroatoms. The molecule has 0 amide bonds. The smallest absolute Gasteiger partial charge is 0.308 e. The first kappa shape index (κ1) is 18.6. The molecule has 5 nitrogen and oxygen atoms in total. The van der Waals surface area contributed by atoms with Crippen molar-refractivity contribution in [2.45, 2.75) is 33.1 Å². The third kappa shape index (κ3) is 4.15. The molecule has 0 saturated carbocycles. The number of aromatic nitrogens is 2. The molecule has 0 unspecified atom stereocenters. The van der Waals surface area contributed by atoms with E-state index in [4.69, 9.17) is 21.3 Å². The second-order valence-electron chi connectivity index (χ2n) is 6.75. The average molecular weight is 374 g/mol. The quantitative estimate of drug-likeness (QED) is 0.764. The topological polar surface area (TPSA) is 55.3 Å². The molecule has 0 bridgehead atoms. The van der Waals surface area contributed by atoms with Gasteiger partial charge in [0.25, 0.3) is 0 Å². The van der Waals surface area contributed by atoms with Gasteiger partial charge in [-0.15, -0.1) is 0 Å². The molecule has 0 aliphatic carbocycles. The highest BCUT2D eigenvalue weighted by Gasteiger charge is 2.28. The van der Waals surface area contributed by atoms with Gasteiger partial charge in [0.15, 0.2) is 0 Å². The van der Waals surface area contributed by atoms with Gasteiger partial charge in [0.05, 0.1) is 13.0 Å². The summed E-state index contributed by atoms with van der Waals surface area (Å²) in [5.74, 6) is 1.63. The number of methoxy groups -OCH3 is 1. The predicted octanol–water partition coefficient (Wildman–Crippen LogP) is 3.73. The molecule has 3 rings (SSSR count). The second-order valence-corrected chi connectivity index (χ2v) is 7.18. The van der Waals surface area contributed by atoms with E-state index in [0.717, 1.165) is 60.3 Å². The molecule has 1 aromatic carbocycles. The molecule has 0 radical (unpaired) electrons. The highest BCUT2D eigenvalue weighted by atomic mass is 35.5. The van der Waals surface area contributed by atoms with Crippen LogP contribution in [0.3, 0.4) is 0 Å². The maximum Gasteiger partial charge on any atom is 0.308 e. The molecule has 1 aliphatic rings. The van der Waals surface area contributed by atoms with Gasteiger partial charge in [-0.3, -0.25) is 4.79 Å². The number of anilines is 1. The van der Waals surface area contributed by atoms with Crippen molar-refractivity contribution >= 4 is 23.4 Å². The summed E-state index contributed by atoms with van der Waals surface area (Å²) in [6.45, 7) is 5.54. The number of aryl methyl sites for hydroxylation is 2. The van der Waals surface area contributed by atoms with Crippen molar-refractivity contribution in [3.05, 3.63) is 51.9 Å². The lowest BCUT2D eigenvalue weighted by Crippen LogP contribution is -2.38. The fourth-order valence-corrected chi connectivity index (χ4v) is 3.61. The van der Waals surface area contributed by atoms with Gasteiger partial charge in [0.2, 0.25) is 0 Å². The first-order valence-corrected chi connectivity index (χ1v) is 9.27. The summed E-state index contributed by atoms with van der Waals surface area (Å²) in [4.78, 5) is 23.3. The van der Waals surface area contributed by atoms with Crippen molar-refractivity contribution in [2.24, 2.45) is 5.92 Å². The van der Waals surface area contributed by atoms with Crippen LogP contribution in [0.25, 0.3) is 0 Å². The van der Waals surface area contributed by atoms with Crippen LogP contribution in [0.2, 0.25) is 5.02 Å². The van der Waals surface area contributed by atoms with Crippen molar-refractivity contribution in [1.29, 1.82) is 0 Å². The molecule has 0 spiro atoms. The van der Waals surface area contributed by atoms with Gasteiger partial charge in [0.1, 0.15) is 11.6 Å². The fraction of sp³-hybridized carbons (Fsp3) is 0.450. The zero-order valence-electron chi connectivity index (χ0n) is 15.5. The minimum atomic E-state index is -0.110. The monoisotopic (exact) mass is 373 g/mol. The van der Waals surface area contributed by atoms with E-state index >= 15 is 0 Å². The lowest BCUT2D eigenvalue weighted by atomic mass is 9.96. The largest absolute Gasteiger partial charge is 0.469 e. The number of ether oxygens (including phenoxy) is 1. The first-order chi connectivity index (χ1) is 12.5. The Balaban J connectivity index is 1.85. The van der Waals surface area contributed by atoms with E-state index in [2.05, 4.69) is 9.88 Å². The van der Waals surface area contributed by atoms with E-state index in [-0.39, 0.29) is 11.9 Å². The van der Waals surface area contributed by atoms with Gasteiger partial charge in [0, 0.05) is 35.8 Å². The number of esters is 1. The highest BCUT2D eigenvalue weighted by Crippen LogP contribution is 2.28. The third-order valence-electron chi connectivity index (χ3n) is 4.93. The maximum atomic E-state index is 11.8. The van der Waals surface area contributed by atoms with Crippen molar-refractivity contribution < 1.29 is 9.53 Å². The van der Waals surface area contributed by atoms with Crippen LogP contribution in [0.5, 0.6) is 0 Å². The molecule has 2 aromatic rings. The lowest BCUT2D eigenvalue weighted by molar-refractivity contribution is -0.146. The van der Waals surface area contributed by atoms with Gasteiger partial charge in [-0.2, -0.15) is 0 Å². The molecule has 1 fully saturated rings. The van der Waals surface area contributed by atoms with Crippen LogP contribution >= 0.6 is 11.6 Å². The normalized spacial score (nSPS) is 15.2. The summed E-state index contributed by atoms with van der Waals surface area (Å²) in [6.07, 6.45) is 2.33. The fourth-order valence-electron chi connectivity index (χ4n) is 3.49. The predicted molar refractivity (Wildman–Crippen MR) is 103 cm³/mol. The van der Waals surface area contributed by atoms with Gasteiger partial charge in [-0.25, -0.2) is 9.97 Å². The van der Waals surface area contributed by atoms with Crippen LogP contribution in [0.4, 0.5) is 5.82 Å². The molecule has 1 aliphatic heterocycles. The Morgan fingerprint density at radius 3 is 2.46 bits per heavy atom. The minimum absolute atomic E-state index is 0.0139. The van der Waals surface area contributed by atoms with Crippen molar-refractivity contribution in [3.63, 3.8) is 0 Å². The standard InChI is InChI=1S/C20H24ClN3O2/c1-13-18(12-15-4-6-17(21)7-5-15)19(23-14(2)22-13)24-10-8-16(9-11-24)20(25)26-3/h4-7,16H,8-12H2,1-3H3. The summed E-state index contributed by atoms with van der Waals surface area (Å²) in [7, 11) is 1.45. The summed E-state index contributed by atoms with van der Waals surface area (Å²) in [6, 6.07) is 7.88. The van der Waals surface area contributed by atoms with E-state index in [1.54, 1.807) is 0 Å². The number of rotatable bonds is 4. The van der Waals surface area contributed by atoms with E-state index in [9.17, 15) is 4.79 Å². The zero-order valence-corrected chi connectivity index (χ0v) is 16.2. The van der Waals surface area contributed by atoms with Crippen molar-refractivity contribution in [3.8, 4) is 0 Å². The summed E-state index contributed by atoms with van der Waals surface area (Å²) in [5.41, 5.74) is 3.31. The van der Waals surface area contributed by atoms with Gasteiger partial charge in [-0.05, 0) is 44.4 Å². The van der Waals surface area contributed by atoms with Gasteiger partial charge >= 0.3 is 5.97 Å². The Morgan fingerprint density at radius 2 is 1.85 bits per heavy atom. The highest BCUT2D eigenvalue weighted by molar-refractivity contribution is 6.30. The first-order valence-electron chi connectivity index (χ1n) is 8.89. The maximum absolute atomic E-state index is 11.8. The summed E-state index contributed by atoms with van der Waals surface area (Å²) >= 11 is 6.00. The van der Waals surface area contributed by atoms with Gasteiger partial charge < -0.3 is 9.64 Å². The number of carbonyl (C=O) groups excluding carboxylic acids is 1. The summed E-state index contributed by atoms with van der Waals surface area (Å²) < 4.78 is 4.89. The molecule has 1 aromatic heterocycles. The number of hydrogen-bond acceptors (Lipinski definition) is 5. The Bertz CT molecular complexity index is 784. The van der Waals surface area contributed by atoms with Crippen LogP contribution in [0.1, 0.15) is 35.5 Å². The molecule has 1 saturated heterocycles. The number of hydrogen-bond donors (Lipinski definition) is 0. The lowest BCUT2D eigenvalue weighted by Gasteiger charge is -2.33. The van der Waals surface area contributed by atoms with Crippen LogP contribution in [0, 0.1) is 19.8 Å². The number of benzene rings is 1. The number of halogens is 1. The Morgan fingerprint density at radius 1 is 1.19 bits per heavy atom. The van der Waals surface area contributed by atoms with Crippen molar-refractivity contribution in [2.75, 3.05) is 25.1 Å². The van der Waals surface area contributed by atoms with Crippen LogP contribution < -0.4 is 4.90 Å². The molecule has 26 heavy (non-hydrogen) atoms. The van der Waals surface area contributed by atoms with Crippen LogP contribution in [0.15, 0.2) is 24.3 Å². The molecular weight excluding hydrogens is 350 g/mol. The number of nitrogens with zero attached hydrogens (tertiary/aromatic N) is 3. The number of carbonyl (C=O) groups is 1. The van der Waals surface area contributed by atoms with Crippen LogP contribution in [-0.2, 0) is 16.0 Å². The van der Waals surface area contributed by atoms with E-state index < -0.39 is 0 Å². The second kappa shape index (κ2) is 8.04. The summed E-state index contributed by atoms with van der Waals surface area (Å²) in [5, 5.41) is 0.732. The van der Waals surface area contributed by atoms with E-state index in [1.807, 2.05) is 38.1 Å². The zero-order chi connectivity index (χ0) is 18.7. The Hall–Kier alpha value is -2.14. The third-order valence-corrected chi connectivity index (χ3v) is 5.18.